The van der Waals surface area contributed by atoms with Gasteiger partial charge in [-0.25, -0.2) is 0 Å². The van der Waals surface area contributed by atoms with Crippen LogP contribution in [0.5, 0.6) is 0 Å². The highest BCUT2D eigenvalue weighted by Gasteiger charge is 2.74. The Hall–Kier alpha value is -1.94. The highest BCUT2D eigenvalue weighted by molar-refractivity contribution is 6.08. The fourth-order valence-electron chi connectivity index (χ4n) is 9.16. The normalized spacial score (nSPS) is 43.7. The van der Waals surface area contributed by atoms with Crippen LogP contribution in [0.1, 0.15) is 87.0 Å². The summed E-state index contributed by atoms with van der Waals surface area (Å²) >= 11 is 0. The number of carbonyl (C=O) groups is 4. The predicted molar refractivity (Wildman–Crippen MR) is 140 cm³/mol. The van der Waals surface area contributed by atoms with Gasteiger partial charge in [-0.15, -0.1) is 0 Å². The smallest absolute Gasteiger partial charge is 0.306 e. The molecule has 2 fully saturated rings. The molecule has 0 spiro atoms. The first-order chi connectivity index (χ1) is 17.7. The Morgan fingerprint density at radius 1 is 1.08 bits per heavy atom. The summed E-state index contributed by atoms with van der Waals surface area (Å²) in [6, 6.07) is 0. The van der Waals surface area contributed by atoms with Crippen molar-refractivity contribution < 1.29 is 44.7 Å². The van der Waals surface area contributed by atoms with Crippen molar-refractivity contribution >= 4 is 23.3 Å². The van der Waals surface area contributed by atoms with Gasteiger partial charge in [0.15, 0.2) is 5.78 Å². The van der Waals surface area contributed by atoms with Gasteiger partial charge in [0.05, 0.1) is 29.1 Å². The maximum absolute atomic E-state index is 14.2. The van der Waals surface area contributed by atoms with E-state index in [4.69, 9.17) is 0 Å². The molecular formula is C30H44O9. The summed E-state index contributed by atoms with van der Waals surface area (Å²) in [5.41, 5.74) is -5.62. The number of aliphatic hydroxyl groups excluding tert-OH is 3. The zero-order chi connectivity index (χ0) is 29.7. The monoisotopic (exact) mass is 548 g/mol. The van der Waals surface area contributed by atoms with Crippen molar-refractivity contribution in [1.82, 2.24) is 0 Å². The van der Waals surface area contributed by atoms with E-state index in [1.165, 1.54) is 13.8 Å². The Morgan fingerprint density at radius 2 is 1.67 bits per heavy atom. The van der Waals surface area contributed by atoms with Crippen molar-refractivity contribution in [3.05, 3.63) is 11.1 Å². The number of rotatable bonds is 6. The molecule has 0 heterocycles. The molecule has 2 saturated carbocycles. The number of carboxylic acid groups (broad SMARTS) is 1. The molecule has 39 heavy (non-hydrogen) atoms. The van der Waals surface area contributed by atoms with E-state index in [0.717, 1.165) is 0 Å². The van der Waals surface area contributed by atoms with Crippen LogP contribution in [0.15, 0.2) is 11.1 Å². The standard InChI is InChI=1S/C30H44O9/c1-14(25(37)38)10-15(31)13-28(5,39)18-12-20(34)30(7)21-16(32)11-17-26(2,3)19(33)8-9-27(17,4)22(21)23(35)24(36)29(18,30)6/h14,16-19,24,32-33,36,39H,8-13H2,1-7H3,(H,37,38)/t14-,16+,17+,18-,19+,24-,27+,28-,29+,30+/m1/s1. The number of hydrogen-bond acceptors (Lipinski definition) is 8. The van der Waals surface area contributed by atoms with Crippen LogP contribution in [-0.4, -0.2) is 72.8 Å². The molecule has 10 atom stereocenters. The summed E-state index contributed by atoms with van der Waals surface area (Å²) in [7, 11) is 0. The van der Waals surface area contributed by atoms with Gasteiger partial charge in [0.2, 0.25) is 0 Å². The van der Waals surface area contributed by atoms with Gasteiger partial charge < -0.3 is 25.5 Å². The van der Waals surface area contributed by atoms with Crippen LogP contribution in [0.2, 0.25) is 0 Å². The van der Waals surface area contributed by atoms with Crippen molar-refractivity contribution in [3.63, 3.8) is 0 Å². The van der Waals surface area contributed by atoms with Crippen LogP contribution in [0.4, 0.5) is 0 Å². The number of carboxylic acids is 1. The quantitative estimate of drug-likeness (QED) is 0.334. The van der Waals surface area contributed by atoms with Crippen LogP contribution in [0.25, 0.3) is 0 Å². The van der Waals surface area contributed by atoms with Gasteiger partial charge in [0.25, 0.3) is 0 Å². The van der Waals surface area contributed by atoms with E-state index in [1.807, 2.05) is 20.8 Å². The largest absolute Gasteiger partial charge is 0.481 e. The van der Waals surface area contributed by atoms with E-state index in [9.17, 15) is 44.7 Å². The zero-order valence-corrected chi connectivity index (χ0v) is 24.1. The van der Waals surface area contributed by atoms with Crippen molar-refractivity contribution in [3.8, 4) is 0 Å². The third kappa shape index (κ3) is 3.86. The fraction of sp³-hybridized carbons (Fsp3) is 0.800. The van der Waals surface area contributed by atoms with Crippen LogP contribution < -0.4 is 0 Å². The van der Waals surface area contributed by atoms with Crippen molar-refractivity contribution in [2.45, 2.75) is 111 Å². The van der Waals surface area contributed by atoms with Gasteiger partial charge in [0, 0.05) is 36.2 Å². The van der Waals surface area contributed by atoms with E-state index in [0.29, 0.717) is 18.4 Å². The van der Waals surface area contributed by atoms with Crippen LogP contribution in [0.3, 0.4) is 0 Å². The SMILES string of the molecule is C[C@H](CC(=O)C[C@@](C)(O)[C@H]1CC(=O)[C@@]2(C)C3=C(C(=O)[C@@H](O)[C@]12C)[C@@]1(C)CC[C@H](O)C(C)(C)[C@@H]1C[C@@H]3O)C(=O)O. The van der Waals surface area contributed by atoms with Gasteiger partial charge in [0.1, 0.15) is 17.7 Å². The molecule has 0 amide bonds. The second-order valence-corrected chi connectivity index (χ2v) is 14.3. The molecule has 4 aliphatic carbocycles. The van der Waals surface area contributed by atoms with Crippen LogP contribution in [-0.2, 0) is 19.2 Å². The second kappa shape index (κ2) is 9.03. The number of fused-ring (bicyclic) bond motifs is 4. The molecule has 4 aliphatic rings. The molecule has 0 aromatic rings. The molecule has 0 aliphatic heterocycles. The molecule has 9 heteroatoms. The molecule has 0 aromatic heterocycles. The van der Waals surface area contributed by atoms with Crippen LogP contribution >= 0.6 is 0 Å². The van der Waals surface area contributed by atoms with Crippen molar-refractivity contribution in [2.75, 3.05) is 0 Å². The van der Waals surface area contributed by atoms with E-state index in [-0.39, 0.29) is 36.5 Å². The summed E-state index contributed by atoms with van der Waals surface area (Å²) < 4.78 is 0. The number of carbonyl (C=O) groups excluding carboxylic acids is 3. The van der Waals surface area contributed by atoms with Crippen molar-refractivity contribution in [1.29, 1.82) is 0 Å². The van der Waals surface area contributed by atoms with E-state index in [2.05, 4.69) is 0 Å². The Balaban J connectivity index is 1.83. The van der Waals surface area contributed by atoms with Gasteiger partial charge in [-0.05, 0) is 55.4 Å². The summed E-state index contributed by atoms with van der Waals surface area (Å²) in [5.74, 6) is -4.74. The highest BCUT2D eigenvalue weighted by Crippen LogP contribution is 2.71. The molecule has 0 unspecified atom stereocenters. The Kier molecular flexibility index (Phi) is 6.95. The molecule has 0 bridgehead atoms. The third-order valence-corrected chi connectivity index (χ3v) is 11.7. The summed E-state index contributed by atoms with van der Waals surface area (Å²) in [5, 5.41) is 54.9. The minimum absolute atomic E-state index is 0.208. The average molecular weight is 549 g/mol. The summed E-state index contributed by atoms with van der Waals surface area (Å²) in [4.78, 5) is 52.1. The highest BCUT2D eigenvalue weighted by atomic mass is 16.4. The van der Waals surface area contributed by atoms with Gasteiger partial charge in [-0.2, -0.15) is 0 Å². The number of ketones is 3. The van der Waals surface area contributed by atoms with Crippen LogP contribution in [0, 0.1) is 39.4 Å². The summed E-state index contributed by atoms with van der Waals surface area (Å²) in [6.45, 7) is 11.8. The maximum Gasteiger partial charge on any atom is 0.306 e. The number of aliphatic carboxylic acids is 1. The average Bonchev–Trinajstić information content (AvgIpc) is 3.04. The predicted octanol–water partition coefficient (Wildman–Crippen LogP) is 2.22. The first-order valence-corrected chi connectivity index (χ1v) is 14.0. The lowest BCUT2D eigenvalue weighted by Crippen LogP contribution is -2.66. The van der Waals surface area contributed by atoms with Gasteiger partial charge in [-0.1, -0.05) is 34.6 Å². The van der Waals surface area contributed by atoms with Gasteiger partial charge >= 0.3 is 5.97 Å². The lowest BCUT2D eigenvalue weighted by molar-refractivity contribution is -0.169. The zero-order valence-electron chi connectivity index (χ0n) is 24.1. The van der Waals surface area contributed by atoms with E-state index >= 15 is 0 Å². The minimum Gasteiger partial charge on any atom is -0.481 e. The Bertz CT molecular complexity index is 1150. The first-order valence-electron chi connectivity index (χ1n) is 14.0. The third-order valence-electron chi connectivity index (χ3n) is 11.7. The Morgan fingerprint density at radius 3 is 2.23 bits per heavy atom. The Labute approximate surface area is 229 Å². The van der Waals surface area contributed by atoms with E-state index in [1.54, 1.807) is 13.8 Å². The number of aliphatic hydroxyl groups is 4. The lowest BCUT2D eigenvalue weighted by atomic mass is 9.41. The topological polar surface area (TPSA) is 169 Å². The molecule has 5 N–H and O–H groups in total. The molecule has 218 valence electrons. The molecule has 0 radical (unpaired) electrons. The second-order valence-electron chi connectivity index (χ2n) is 14.3. The number of hydrogen-bond donors (Lipinski definition) is 5. The minimum atomic E-state index is -1.82. The molecule has 4 rings (SSSR count). The van der Waals surface area contributed by atoms with Crippen molar-refractivity contribution in [2.24, 2.45) is 39.4 Å². The number of Topliss-reactive ketones (excluding diaryl/α,β-unsaturated/α-hetero) is 3. The fourth-order valence-corrected chi connectivity index (χ4v) is 9.16. The lowest BCUT2D eigenvalue weighted by Gasteiger charge is -2.62. The molecule has 0 saturated heterocycles. The first kappa shape index (κ1) is 30.0. The molecular weight excluding hydrogens is 504 g/mol. The van der Waals surface area contributed by atoms with Gasteiger partial charge in [-0.3, -0.25) is 19.2 Å². The van der Waals surface area contributed by atoms with E-state index < -0.39 is 81.4 Å². The maximum atomic E-state index is 14.2. The molecule has 0 aromatic carbocycles. The molecule has 9 nitrogen and oxygen atoms in total. The summed E-state index contributed by atoms with van der Waals surface area (Å²) in [6.07, 6.45) is -3.25.